The van der Waals surface area contributed by atoms with E-state index in [1.54, 1.807) is 6.92 Å². The van der Waals surface area contributed by atoms with Gasteiger partial charge in [0.1, 0.15) is 11.7 Å². The number of nitro groups is 1. The summed E-state index contributed by atoms with van der Waals surface area (Å²) < 4.78 is 0. The number of hydrogen-bond acceptors (Lipinski definition) is 8. The van der Waals surface area contributed by atoms with Crippen molar-refractivity contribution in [3.8, 4) is 0 Å². The zero-order valence-corrected chi connectivity index (χ0v) is 12.1. The third kappa shape index (κ3) is 4.24. The molecule has 0 saturated carbocycles. The molecule has 0 saturated heterocycles. The van der Waals surface area contributed by atoms with Crippen molar-refractivity contribution in [3.05, 3.63) is 15.8 Å². The van der Waals surface area contributed by atoms with E-state index in [1.165, 1.54) is 6.92 Å². The normalized spacial score (nSPS) is 11.6. The molecule has 1 atom stereocenters. The van der Waals surface area contributed by atoms with Crippen molar-refractivity contribution in [2.45, 2.75) is 33.2 Å². The fraction of sp³-hybridized carbons (Fsp3) is 0.545. The monoisotopic (exact) mass is 297 g/mol. The molecule has 10 heteroatoms. The number of nitrogen functional groups attached to an aromatic ring is 1. The lowest BCUT2D eigenvalue weighted by molar-refractivity contribution is -0.385. The summed E-state index contributed by atoms with van der Waals surface area (Å²) in [5, 5.41) is 16.5. The molecular weight excluding hydrogens is 278 g/mol. The number of amides is 1. The van der Waals surface area contributed by atoms with E-state index >= 15 is 0 Å². The number of rotatable bonds is 7. The van der Waals surface area contributed by atoms with Crippen LogP contribution >= 0.6 is 0 Å². The molecule has 0 aliphatic carbocycles. The fourth-order valence-electron chi connectivity index (χ4n) is 1.62. The van der Waals surface area contributed by atoms with Gasteiger partial charge in [-0.05, 0) is 20.3 Å². The molecule has 1 aromatic heterocycles. The number of aryl methyl sites for hydroxylation is 1. The maximum absolute atomic E-state index is 11.8. The highest BCUT2D eigenvalue weighted by atomic mass is 16.6. The van der Waals surface area contributed by atoms with Crippen LogP contribution in [0.4, 0.5) is 17.5 Å². The van der Waals surface area contributed by atoms with E-state index in [0.29, 0.717) is 6.54 Å². The van der Waals surface area contributed by atoms with Gasteiger partial charge >= 0.3 is 5.69 Å². The first-order valence-electron chi connectivity index (χ1n) is 6.44. The van der Waals surface area contributed by atoms with Crippen LogP contribution in [0.2, 0.25) is 0 Å². The number of aromatic nitrogens is 2. The summed E-state index contributed by atoms with van der Waals surface area (Å²) in [5.74, 6) is 4.92. The molecule has 1 aromatic rings. The Morgan fingerprint density at radius 3 is 2.67 bits per heavy atom. The van der Waals surface area contributed by atoms with Gasteiger partial charge < -0.3 is 10.6 Å². The van der Waals surface area contributed by atoms with E-state index in [4.69, 9.17) is 5.84 Å². The first kappa shape index (κ1) is 16.6. The molecule has 0 radical (unpaired) electrons. The molecule has 0 bridgehead atoms. The standard InChI is InChI=1S/C11H19N7O3/c1-4-5-13-10(19)7(3)14-9-8(18(20)21)6(2)15-11(16-9)17-12/h7H,4-5,12H2,1-3H3,(H,13,19)(H2,14,15,16,17). The van der Waals surface area contributed by atoms with Gasteiger partial charge in [0.15, 0.2) is 0 Å². The minimum atomic E-state index is -0.685. The van der Waals surface area contributed by atoms with Crippen LogP contribution in [-0.2, 0) is 4.79 Å². The zero-order chi connectivity index (χ0) is 16.0. The topological polar surface area (TPSA) is 148 Å². The van der Waals surface area contributed by atoms with E-state index in [-0.39, 0.29) is 29.1 Å². The van der Waals surface area contributed by atoms with Crippen LogP contribution in [0.3, 0.4) is 0 Å². The van der Waals surface area contributed by atoms with Crippen LogP contribution in [0.25, 0.3) is 0 Å². The SMILES string of the molecule is CCCNC(=O)C(C)Nc1nc(NN)nc(C)c1[N+](=O)[O-]. The molecular formula is C11H19N7O3. The third-order valence-corrected chi connectivity index (χ3v) is 2.67. The maximum atomic E-state index is 11.8. The molecule has 0 aromatic carbocycles. The summed E-state index contributed by atoms with van der Waals surface area (Å²) >= 11 is 0. The molecule has 1 rings (SSSR count). The second-order valence-corrected chi connectivity index (χ2v) is 4.39. The zero-order valence-electron chi connectivity index (χ0n) is 12.1. The Morgan fingerprint density at radius 2 is 2.14 bits per heavy atom. The predicted octanol–water partition coefficient (Wildman–Crippen LogP) is 0.305. The Labute approximate surface area is 121 Å². The molecule has 0 aliphatic rings. The summed E-state index contributed by atoms with van der Waals surface area (Å²) in [5.41, 5.74) is 2.08. The van der Waals surface area contributed by atoms with Crippen LogP contribution in [0.15, 0.2) is 0 Å². The molecule has 1 unspecified atom stereocenters. The Kier molecular flexibility index (Phi) is 5.79. The van der Waals surface area contributed by atoms with Gasteiger partial charge in [0.2, 0.25) is 17.7 Å². The highest BCUT2D eigenvalue weighted by Gasteiger charge is 2.24. The van der Waals surface area contributed by atoms with Gasteiger partial charge in [0.05, 0.1) is 4.92 Å². The summed E-state index contributed by atoms with van der Waals surface area (Å²) in [6.07, 6.45) is 0.798. The lowest BCUT2D eigenvalue weighted by Gasteiger charge is -2.15. The Hall–Kier alpha value is -2.49. The molecule has 5 N–H and O–H groups in total. The number of nitrogens with two attached hydrogens (primary N) is 1. The van der Waals surface area contributed by atoms with Gasteiger partial charge in [-0.1, -0.05) is 6.92 Å². The Bertz CT molecular complexity index is 535. The lowest BCUT2D eigenvalue weighted by atomic mass is 10.2. The molecule has 116 valence electrons. The van der Waals surface area contributed by atoms with Gasteiger partial charge in [-0.2, -0.15) is 4.98 Å². The number of hydrogen-bond donors (Lipinski definition) is 4. The quantitative estimate of drug-likeness (QED) is 0.319. The van der Waals surface area contributed by atoms with Crippen LogP contribution in [0.1, 0.15) is 26.0 Å². The molecule has 0 spiro atoms. The van der Waals surface area contributed by atoms with Crippen molar-refractivity contribution in [2.24, 2.45) is 5.84 Å². The van der Waals surface area contributed by atoms with Crippen molar-refractivity contribution in [1.82, 2.24) is 15.3 Å². The van der Waals surface area contributed by atoms with E-state index in [0.717, 1.165) is 6.42 Å². The van der Waals surface area contributed by atoms with Gasteiger partial charge in [-0.15, -0.1) is 0 Å². The molecule has 0 aliphatic heterocycles. The number of anilines is 2. The molecule has 1 amide bonds. The first-order valence-corrected chi connectivity index (χ1v) is 6.44. The van der Waals surface area contributed by atoms with Gasteiger partial charge in [0, 0.05) is 6.54 Å². The number of nitrogens with one attached hydrogen (secondary N) is 3. The average molecular weight is 297 g/mol. The van der Waals surface area contributed by atoms with Crippen LogP contribution in [0.5, 0.6) is 0 Å². The Balaban J connectivity index is 3.02. The second kappa shape index (κ2) is 7.33. The highest BCUT2D eigenvalue weighted by Crippen LogP contribution is 2.26. The van der Waals surface area contributed by atoms with Crippen molar-refractivity contribution in [3.63, 3.8) is 0 Å². The Morgan fingerprint density at radius 1 is 1.48 bits per heavy atom. The first-order chi connectivity index (χ1) is 9.90. The van der Waals surface area contributed by atoms with Crippen LogP contribution in [-0.4, -0.2) is 33.4 Å². The predicted molar refractivity (Wildman–Crippen MR) is 77.6 cm³/mol. The number of carbonyl (C=O) groups excluding carboxylic acids is 1. The van der Waals surface area contributed by atoms with Crippen LogP contribution in [0, 0.1) is 17.0 Å². The fourth-order valence-corrected chi connectivity index (χ4v) is 1.62. The average Bonchev–Trinajstić information content (AvgIpc) is 2.43. The third-order valence-electron chi connectivity index (χ3n) is 2.67. The van der Waals surface area contributed by atoms with Crippen molar-refractivity contribution in [2.75, 3.05) is 17.3 Å². The van der Waals surface area contributed by atoms with Gasteiger partial charge in [-0.25, -0.2) is 10.8 Å². The second-order valence-electron chi connectivity index (χ2n) is 4.39. The summed E-state index contributed by atoms with van der Waals surface area (Å²) in [4.78, 5) is 30.0. The summed E-state index contributed by atoms with van der Waals surface area (Å²) in [6.45, 7) is 5.51. The van der Waals surface area contributed by atoms with Crippen molar-refractivity contribution >= 4 is 23.4 Å². The van der Waals surface area contributed by atoms with Crippen LogP contribution < -0.4 is 21.9 Å². The van der Waals surface area contributed by atoms with E-state index in [1.807, 2.05) is 6.92 Å². The minimum Gasteiger partial charge on any atom is -0.354 e. The number of nitrogens with zero attached hydrogens (tertiary/aromatic N) is 3. The highest BCUT2D eigenvalue weighted by molar-refractivity contribution is 5.84. The molecule has 10 nitrogen and oxygen atoms in total. The number of hydrazine groups is 1. The van der Waals surface area contributed by atoms with Crippen molar-refractivity contribution in [1.29, 1.82) is 0 Å². The van der Waals surface area contributed by atoms with E-state index in [2.05, 4.69) is 26.0 Å². The summed E-state index contributed by atoms with van der Waals surface area (Å²) in [7, 11) is 0. The van der Waals surface area contributed by atoms with E-state index < -0.39 is 11.0 Å². The van der Waals surface area contributed by atoms with E-state index in [9.17, 15) is 14.9 Å². The molecule has 0 fully saturated rings. The molecule has 21 heavy (non-hydrogen) atoms. The number of carbonyl (C=O) groups is 1. The molecule has 1 heterocycles. The maximum Gasteiger partial charge on any atom is 0.332 e. The van der Waals surface area contributed by atoms with Crippen molar-refractivity contribution < 1.29 is 9.72 Å². The smallest absolute Gasteiger partial charge is 0.332 e. The summed E-state index contributed by atoms with van der Waals surface area (Å²) in [6, 6.07) is -0.685. The van der Waals surface area contributed by atoms with Gasteiger partial charge in [-0.3, -0.25) is 20.3 Å². The van der Waals surface area contributed by atoms with Gasteiger partial charge in [0.25, 0.3) is 0 Å². The lowest BCUT2D eigenvalue weighted by Crippen LogP contribution is -2.38. The minimum absolute atomic E-state index is 0.0294. The largest absolute Gasteiger partial charge is 0.354 e.